The number of hydrogen-bond donors (Lipinski definition) is 3. The quantitative estimate of drug-likeness (QED) is 0.205. The van der Waals surface area contributed by atoms with Crippen molar-refractivity contribution in [3.05, 3.63) is 0 Å². The van der Waals surface area contributed by atoms with Gasteiger partial charge in [-0.25, -0.2) is 16.5 Å². The van der Waals surface area contributed by atoms with Gasteiger partial charge in [0.05, 0.1) is 6.54 Å². The van der Waals surface area contributed by atoms with E-state index in [1.807, 2.05) is 5.43 Å². The summed E-state index contributed by atoms with van der Waals surface area (Å²) in [7, 11) is 0. The number of carbonyl (C=O) groups is 1. The Labute approximate surface area is 57.9 Å². The van der Waals surface area contributed by atoms with Crippen molar-refractivity contribution >= 4 is 17.6 Å². The summed E-state index contributed by atoms with van der Waals surface area (Å²) >= 11 is 5.25. The molecule has 5 nitrogen and oxygen atoms in total. The van der Waals surface area contributed by atoms with Gasteiger partial charge in [0, 0.05) is 5.88 Å². The lowest BCUT2D eigenvalue weighted by atomic mass is 10.7. The molecular weight excluding hydrogens is 144 g/mol. The third kappa shape index (κ3) is 3.12. The molecule has 0 bridgehead atoms. The predicted molar refractivity (Wildman–Crippen MR) is 34.3 cm³/mol. The Morgan fingerprint density at radius 2 is 2.33 bits per heavy atom. The number of urea groups is 1. The highest BCUT2D eigenvalue weighted by atomic mass is 35.5. The molecule has 0 aromatic carbocycles. The molecule has 5 N–H and O–H groups in total. The highest BCUT2D eigenvalue weighted by Gasteiger charge is 2.03. The Bertz CT molecular complexity index is 97.8. The normalized spacial score (nSPS) is 8.78. The van der Waals surface area contributed by atoms with Crippen molar-refractivity contribution in [1.82, 2.24) is 10.4 Å². The SMILES string of the molecule is NNC(=O)N(N)CCCl. The van der Waals surface area contributed by atoms with Crippen LogP contribution in [0.25, 0.3) is 0 Å². The molecule has 6 heteroatoms. The number of hydrogen-bond acceptors (Lipinski definition) is 3. The molecule has 0 saturated heterocycles. The Hall–Kier alpha value is -0.520. The zero-order valence-electron chi connectivity index (χ0n) is 4.80. The van der Waals surface area contributed by atoms with Crippen LogP contribution in [-0.4, -0.2) is 23.5 Å². The van der Waals surface area contributed by atoms with Gasteiger partial charge in [0.1, 0.15) is 0 Å². The second kappa shape index (κ2) is 4.37. The Morgan fingerprint density at radius 1 is 1.78 bits per heavy atom. The topological polar surface area (TPSA) is 84.4 Å². The molecule has 54 valence electrons. The van der Waals surface area contributed by atoms with E-state index >= 15 is 0 Å². The van der Waals surface area contributed by atoms with Crippen molar-refractivity contribution in [2.24, 2.45) is 11.7 Å². The molecule has 0 aliphatic heterocycles. The summed E-state index contributed by atoms with van der Waals surface area (Å²) in [5.41, 5.74) is 1.85. The molecule has 0 aliphatic carbocycles. The summed E-state index contributed by atoms with van der Waals surface area (Å²) in [5, 5.41) is 0.896. The Morgan fingerprint density at radius 3 is 2.67 bits per heavy atom. The summed E-state index contributed by atoms with van der Waals surface area (Å²) < 4.78 is 0. The van der Waals surface area contributed by atoms with Gasteiger partial charge in [0.2, 0.25) is 0 Å². The minimum Gasteiger partial charge on any atom is -0.275 e. The van der Waals surface area contributed by atoms with E-state index in [9.17, 15) is 4.79 Å². The van der Waals surface area contributed by atoms with Crippen LogP contribution in [-0.2, 0) is 0 Å². The van der Waals surface area contributed by atoms with E-state index in [-0.39, 0.29) is 6.54 Å². The van der Waals surface area contributed by atoms with Crippen LogP contribution >= 0.6 is 11.6 Å². The fraction of sp³-hybridized carbons (Fsp3) is 0.667. The molecular formula is C3H9ClN4O. The van der Waals surface area contributed by atoms with Gasteiger partial charge in [-0.2, -0.15) is 0 Å². The summed E-state index contributed by atoms with van der Waals surface area (Å²) in [4.78, 5) is 10.4. The number of nitrogens with one attached hydrogen (secondary N) is 1. The molecule has 0 radical (unpaired) electrons. The average molecular weight is 153 g/mol. The maximum absolute atomic E-state index is 10.4. The van der Waals surface area contributed by atoms with Gasteiger partial charge in [0.25, 0.3) is 0 Å². The standard InChI is InChI=1S/C3H9ClN4O/c4-1-2-8(6)3(9)7-5/h1-2,5-6H2,(H,7,9). The first-order valence-corrected chi connectivity index (χ1v) is 2.84. The molecule has 0 unspecified atom stereocenters. The smallest absolute Gasteiger partial charge is 0.275 e. The van der Waals surface area contributed by atoms with Crippen molar-refractivity contribution in [2.75, 3.05) is 12.4 Å². The van der Waals surface area contributed by atoms with Crippen molar-refractivity contribution in [3.8, 4) is 0 Å². The van der Waals surface area contributed by atoms with Crippen LogP contribution in [0.2, 0.25) is 0 Å². The van der Waals surface area contributed by atoms with E-state index in [1.165, 1.54) is 0 Å². The molecule has 0 aromatic rings. The minimum absolute atomic E-state index is 0.282. The lowest BCUT2D eigenvalue weighted by Crippen LogP contribution is -2.48. The van der Waals surface area contributed by atoms with E-state index < -0.39 is 6.03 Å². The van der Waals surface area contributed by atoms with E-state index in [0.29, 0.717) is 5.88 Å². The molecule has 9 heavy (non-hydrogen) atoms. The van der Waals surface area contributed by atoms with Gasteiger partial charge in [0.15, 0.2) is 0 Å². The Balaban J connectivity index is 3.45. The predicted octanol–water partition coefficient (Wildman–Crippen LogP) is -1.02. The molecule has 0 rings (SSSR count). The summed E-state index contributed by atoms with van der Waals surface area (Å²) in [6.07, 6.45) is 0. The largest absolute Gasteiger partial charge is 0.345 e. The van der Waals surface area contributed by atoms with Gasteiger partial charge < -0.3 is 0 Å². The zero-order chi connectivity index (χ0) is 7.28. The molecule has 0 spiro atoms. The van der Waals surface area contributed by atoms with Gasteiger partial charge in [-0.05, 0) is 0 Å². The number of alkyl halides is 1. The monoisotopic (exact) mass is 152 g/mol. The fourth-order valence-electron chi connectivity index (χ4n) is 0.276. The van der Waals surface area contributed by atoms with Crippen molar-refractivity contribution in [2.45, 2.75) is 0 Å². The van der Waals surface area contributed by atoms with E-state index in [4.69, 9.17) is 23.3 Å². The number of carbonyl (C=O) groups excluding carboxylic acids is 1. The zero-order valence-corrected chi connectivity index (χ0v) is 5.56. The van der Waals surface area contributed by atoms with Crippen LogP contribution in [0.4, 0.5) is 4.79 Å². The van der Waals surface area contributed by atoms with E-state index in [1.54, 1.807) is 0 Å². The maximum Gasteiger partial charge on any atom is 0.345 e. The molecule has 0 atom stereocenters. The molecule has 0 fully saturated rings. The van der Waals surface area contributed by atoms with Crippen LogP contribution in [0.15, 0.2) is 0 Å². The van der Waals surface area contributed by atoms with Crippen LogP contribution < -0.4 is 17.1 Å². The van der Waals surface area contributed by atoms with Gasteiger partial charge in [-0.1, -0.05) is 0 Å². The third-order valence-electron chi connectivity index (χ3n) is 0.710. The van der Waals surface area contributed by atoms with Crippen molar-refractivity contribution in [1.29, 1.82) is 0 Å². The van der Waals surface area contributed by atoms with Crippen molar-refractivity contribution < 1.29 is 4.79 Å². The second-order valence-corrected chi connectivity index (χ2v) is 1.71. The van der Waals surface area contributed by atoms with E-state index in [2.05, 4.69) is 0 Å². The van der Waals surface area contributed by atoms with Gasteiger partial charge in [-0.3, -0.25) is 10.4 Å². The number of nitrogens with zero attached hydrogens (tertiary/aromatic N) is 1. The lowest BCUT2D eigenvalue weighted by molar-refractivity contribution is 0.202. The number of amides is 2. The first kappa shape index (κ1) is 8.48. The molecule has 0 aliphatic rings. The highest BCUT2D eigenvalue weighted by molar-refractivity contribution is 6.18. The molecule has 0 aromatic heterocycles. The van der Waals surface area contributed by atoms with Crippen LogP contribution in [0, 0.1) is 0 Å². The van der Waals surface area contributed by atoms with E-state index in [0.717, 1.165) is 5.01 Å². The minimum atomic E-state index is -0.546. The summed E-state index contributed by atoms with van der Waals surface area (Å²) in [6, 6.07) is -0.546. The van der Waals surface area contributed by atoms with Crippen molar-refractivity contribution in [3.63, 3.8) is 0 Å². The van der Waals surface area contributed by atoms with Crippen LogP contribution in [0.1, 0.15) is 0 Å². The Kier molecular flexibility index (Phi) is 4.12. The van der Waals surface area contributed by atoms with Gasteiger partial charge >= 0.3 is 6.03 Å². The first-order chi connectivity index (χ1) is 4.22. The number of halogens is 1. The molecule has 2 amide bonds. The second-order valence-electron chi connectivity index (χ2n) is 1.33. The number of nitrogens with two attached hydrogens (primary N) is 2. The lowest BCUT2D eigenvalue weighted by Gasteiger charge is -2.12. The highest BCUT2D eigenvalue weighted by Crippen LogP contribution is 1.79. The fourth-order valence-corrected chi connectivity index (χ4v) is 0.458. The molecule has 0 heterocycles. The average Bonchev–Trinajstić information content (AvgIpc) is 1.87. The van der Waals surface area contributed by atoms with Crippen LogP contribution in [0.5, 0.6) is 0 Å². The number of hydrazine groups is 2. The first-order valence-electron chi connectivity index (χ1n) is 2.31. The summed E-state index contributed by atoms with van der Waals surface area (Å²) in [5.74, 6) is 10.1. The summed E-state index contributed by atoms with van der Waals surface area (Å²) in [6.45, 7) is 0.282. The van der Waals surface area contributed by atoms with Crippen LogP contribution in [0.3, 0.4) is 0 Å². The van der Waals surface area contributed by atoms with Gasteiger partial charge in [-0.15, -0.1) is 11.6 Å². The number of rotatable bonds is 2. The third-order valence-corrected chi connectivity index (χ3v) is 0.879. The molecule has 0 saturated carbocycles. The maximum atomic E-state index is 10.4.